The zero-order valence-electron chi connectivity index (χ0n) is 19.2. The predicted octanol–water partition coefficient (Wildman–Crippen LogP) is 4.38. The van der Waals surface area contributed by atoms with E-state index in [9.17, 15) is 9.59 Å². The zero-order chi connectivity index (χ0) is 25.4. The van der Waals surface area contributed by atoms with E-state index in [2.05, 4.69) is 36.4 Å². The molecule has 0 bridgehead atoms. The Labute approximate surface area is 215 Å². The molecule has 2 N–H and O–H groups in total. The van der Waals surface area contributed by atoms with Gasteiger partial charge in [0.25, 0.3) is 5.91 Å². The van der Waals surface area contributed by atoms with Crippen LogP contribution in [0, 0.1) is 13.8 Å². The van der Waals surface area contributed by atoms with Crippen LogP contribution in [0.5, 0.6) is 11.5 Å². The molecule has 0 radical (unpaired) electrons. The molecule has 2 aromatic carbocycles. The molecule has 0 aliphatic heterocycles. The van der Waals surface area contributed by atoms with Gasteiger partial charge in [-0.25, -0.2) is 20.2 Å². The average molecular weight is 559 g/mol. The van der Waals surface area contributed by atoms with Gasteiger partial charge in [-0.3, -0.25) is 4.79 Å². The highest BCUT2D eigenvalue weighted by Gasteiger charge is 2.12. The van der Waals surface area contributed by atoms with E-state index >= 15 is 0 Å². The van der Waals surface area contributed by atoms with Crippen molar-refractivity contribution >= 4 is 45.8 Å². The van der Waals surface area contributed by atoms with E-state index < -0.39 is 5.97 Å². The standard InChI is InChI=1S/C24H23BrN4O5S/c1-14-8-15(2)28-24(27-14)35-13-21(30)29-26-11-17-9-19(25)22(20(10-17)33-3)34-12-16-4-6-18(7-5-16)23(31)32/h4-11H,12-13H2,1-3H3,(H,29,30)(H,31,32)/b26-11-. The molecule has 182 valence electrons. The summed E-state index contributed by atoms with van der Waals surface area (Å²) >= 11 is 4.72. The van der Waals surface area contributed by atoms with Crippen LogP contribution in [-0.2, 0) is 11.4 Å². The lowest BCUT2D eigenvalue weighted by Crippen LogP contribution is -2.19. The maximum absolute atomic E-state index is 12.1. The number of carbonyl (C=O) groups is 2. The summed E-state index contributed by atoms with van der Waals surface area (Å²) in [5, 5.41) is 13.6. The smallest absolute Gasteiger partial charge is 0.335 e. The fraction of sp³-hybridized carbons (Fsp3) is 0.208. The van der Waals surface area contributed by atoms with Crippen LogP contribution in [0.3, 0.4) is 0 Å². The van der Waals surface area contributed by atoms with Crippen LogP contribution >= 0.6 is 27.7 Å². The normalized spacial score (nSPS) is 10.9. The number of nitrogens with one attached hydrogen (secondary N) is 1. The number of aromatic nitrogens is 2. The van der Waals surface area contributed by atoms with Crippen molar-refractivity contribution in [3.8, 4) is 11.5 Å². The fourth-order valence-electron chi connectivity index (χ4n) is 2.95. The third-order valence-corrected chi connectivity index (χ3v) is 5.97. The van der Waals surface area contributed by atoms with Gasteiger partial charge in [0.05, 0.1) is 29.1 Å². The SMILES string of the molecule is COc1cc(/C=N\NC(=O)CSc2nc(C)cc(C)n2)cc(Br)c1OCc1ccc(C(=O)O)cc1. The van der Waals surface area contributed by atoms with Crippen molar-refractivity contribution in [2.24, 2.45) is 5.10 Å². The van der Waals surface area contributed by atoms with Crippen molar-refractivity contribution in [2.45, 2.75) is 25.6 Å². The molecule has 3 rings (SSSR count). The quantitative estimate of drug-likeness (QED) is 0.162. The number of amides is 1. The number of methoxy groups -OCH3 is 1. The number of aryl methyl sites for hydroxylation is 2. The molecule has 1 heterocycles. The number of benzene rings is 2. The minimum absolute atomic E-state index is 0.132. The zero-order valence-corrected chi connectivity index (χ0v) is 21.6. The van der Waals surface area contributed by atoms with E-state index in [0.29, 0.717) is 26.7 Å². The molecule has 0 aliphatic rings. The van der Waals surface area contributed by atoms with Gasteiger partial charge < -0.3 is 14.6 Å². The number of carboxylic acids is 1. The summed E-state index contributed by atoms with van der Waals surface area (Å²) in [5.74, 6) is -0.177. The largest absolute Gasteiger partial charge is 0.493 e. The number of ether oxygens (including phenoxy) is 2. The second-order valence-electron chi connectivity index (χ2n) is 7.34. The number of hydrogen-bond donors (Lipinski definition) is 2. The molecule has 11 heteroatoms. The molecular formula is C24H23BrN4O5S. The van der Waals surface area contributed by atoms with Gasteiger partial charge in [0.15, 0.2) is 16.7 Å². The van der Waals surface area contributed by atoms with Crippen molar-refractivity contribution in [1.82, 2.24) is 15.4 Å². The molecular weight excluding hydrogens is 536 g/mol. The predicted molar refractivity (Wildman–Crippen MR) is 136 cm³/mol. The minimum atomic E-state index is -0.982. The monoisotopic (exact) mass is 558 g/mol. The molecule has 1 amide bonds. The Hall–Kier alpha value is -3.44. The molecule has 1 aromatic heterocycles. The number of hydrogen-bond acceptors (Lipinski definition) is 8. The van der Waals surface area contributed by atoms with Crippen molar-refractivity contribution < 1.29 is 24.2 Å². The first-order valence-corrected chi connectivity index (χ1v) is 12.1. The molecule has 0 fully saturated rings. The lowest BCUT2D eigenvalue weighted by Gasteiger charge is -2.13. The van der Waals surface area contributed by atoms with E-state index in [4.69, 9.17) is 14.6 Å². The number of thioether (sulfide) groups is 1. The Kier molecular flexibility index (Phi) is 9.21. The van der Waals surface area contributed by atoms with E-state index in [1.54, 1.807) is 24.3 Å². The minimum Gasteiger partial charge on any atom is -0.493 e. The number of halogens is 1. The topological polar surface area (TPSA) is 123 Å². The molecule has 3 aromatic rings. The van der Waals surface area contributed by atoms with Crippen LogP contribution in [0.4, 0.5) is 0 Å². The van der Waals surface area contributed by atoms with Crippen LogP contribution in [0.1, 0.15) is 32.9 Å². The number of rotatable bonds is 10. The van der Waals surface area contributed by atoms with Crippen molar-refractivity contribution in [3.05, 3.63) is 75.0 Å². The highest BCUT2D eigenvalue weighted by molar-refractivity contribution is 9.10. The summed E-state index contributed by atoms with van der Waals surface area (Å²) in [6.07, 6.45) is 1.50. The van der Waals surface area contributed by atoms with E-state index in [0.717, 1.165) is 17.0 Å². The third kappa shape index (κ3) is 7.79. The molecule has 0 saturated heterocycles. The molecule has 0 atom stereocenters. The third-order valence-electron chi connectivity index (χ3n) is 4.53. The number of hydrazone groups is 1. The Morgan fingerprint density at radius 1 is 1.14 bits per heavy atom. The van der Waals surface area contributed by atoms with Gasteiger partial charge in [0.1, 0.15) is 6.61 Å². The van der Waals surface area contributed by atoms with Crippen molar-refractivity contribution in [2.75, 3.05) is 12.9 Å². The fourth-order valence-corrected chi connectivity index (χ4v) is 4.27. The number of carboxylic acid groups (broad SMARTS) is 1. The Balaban J connectivity index is 1.58. The van der Waals surface area contributed by atoms with Crippen LogP contribution in [-0.4, -0.2) is 46.0 Å². The maximum atomic E-state index is 12.1. The summed E-state index contributed by atoms with van der Waals surface area (Å²) in [6.45, 7) is 3.98. The molecule has 35 heavy (non-hydrogen) atoms. The summed E-state index contributed by atoms with van der Waals surface area (Å²) in [7, 11) is 1.52. The summed E-state index contributed by atoms with van der Waals surface area (Å²) in [4.78, 5) is 31.7. The van der Waals surface area contributed by atoms with E-state index in [1.165, 1.54) is 37.2 Å². The highest BCUT2D eigenvalue weighted by Crippen LogP contribution is 2.36. The lowest BCUT2D eigenvalue weighted by atomic mass is 10.1. The molecule has 0 aliphatic carbocycles. The van der Waals surface area contributed by atoms with Crippen LogP contribution in [0.15, 0.2) is 57.2 Å². The second kappa shape index (κ2) is 12.3. The molecule has 9 nitrogen and oxygen atoms in total. The summed E-state index contributed by atoms with van der Waals surface area (Å²) < 4.78 is 12.0. The molecule has 0 spiro atoms. The van der Waals surface area contributed by atoms with Crippen molar-refractivity contribution in [1.29, 1.82) is 0 Å². The van der Waals surface area contributed by atoms with Gasteiger partial charge in [0, 0.05) is 11.4 Å². The Morgan fingerprint density at radius 2 is 1.83 bits per heavy atom. The summed E-state index contributed by atoms with van der Waals surface area (Å²) in [6, 6.07) is 11.8. The van der Waals surface area contributed by atoms with Gasteiger partial charge in [-0.1, -0.05) is 23.9 Å². The van der Waals surface area contributed by atoms with E-state index in [1.807, 2.05) is 19.9 Å². The number of carbonyl (C=O) groups excluding carboxylic acids is 1. The first-order valence-electron chi connectivity index (χ1n) is 10.3. The Morgan fingerprint density at radius 3 is 2.46 bits per heavy atom. The average Bonchev–Trinajstić information content (AvgIpc) is 2.81. The first kappa shape index (κ1) is 26.2. The van der Waals surface area contributed by atoms with Gasteiger partial charge in [-0.15, -0.1) is 0 Å². The highest BCUT2D eigenvalue weighted by atomic mass is 79.9. The van der Waals surface area contributed by atoms with Crippen LogP contribution in [0.25, 0.3) is 0 Å². The Bertz CT molecular complexity index is 1230. The van der Waals surface area contributed by atoms with Gasteiger partial charge >= 0.3 is 5.97 Å². The van der Waals surface area contributed by atoms with Crippen LogP contribution in [0.2, 0.25) is 0 Å². The number of aromatic carboxylic acids is 1. The maximum Gasteiger partial charge on any atom is 0.335 e. The van der Waals surface area contributed by atoms with Gasteiger partial charge in [0.2, 0.25) is 0 Å². The lowest BCUT2D eigenvalue weighted by molar-refractivity contribution is -0.118. The van der Waals surface area contributed by atoms with Crippen molar-refractivity contribution in [3.63, 3.8) is 0 Å². The molecule has 0 unspecified atom stereocenters. The first-order chi connectivity index (χ1) is 16.7. The number of nitrogens with zero attached hydrogens (tertiary/aromatic N) is 3. The molecule has 0 saturated carbocycles. The van der Waals surface area contributed by atoms with E-state index in [-0.39, 0.29) is 23.8 Å². The van der Waals surface area contributed by atoms with Gasteiger partial charge in [-0.2, -0.15) is 5.10 Å². The second-order valence-corrected chi connectivity index (χ2v) is 9.14. The van der Waals surface area contributed by atoms with Crippen LogP contribution < -0.4 is 14.9 Å². The van der Waals surface area contributed by atoms with Gasteiger partial charge in [-0.05, 0) is 71.2 Å². The summed E-state index contributed by atoms with van der Waals surface area (Å²) in [5.41, 5.74) is 5.88.